The number of nitrogens with one attached hydrogen (secondary N) is 2. The van der Waals surface area contributed by atoms with Gasteiger partial charge in [0, 0.05) is 30.6 Å². The zero-order chi connectivity index (χ0) is 26.1. The fourth-order valence-electron chi connectivity index (χ4n) is 3.36. The van der Waals surface area contributed by atoms with Crippen LogP contribution in [-0.2, 0) is 19.3 Å². The number of amides is 2. The number of hydrogen-bond donors (Lipinski definition) is 2. The lowest BCUT2D eigenvalue weighted by Crippen LogP contribution is -2.40. The van der Waals surface area contributed by atoms with Gasteiger partial charge in [-0.3, -0.25) is 14.5 Å². The van der Waals surface area contributed by atoms with Crippen LogP contribution in [0.2, 0.25) is 0 Å². The smallest absolute Gasteiger partial charge is 0.413 e. The van der Waals surface area contributed by atoms with Crippen molar-refractivity contribution in [3.8, 4) is 0 Å². The molecule has 4 rings (SSSR count). The van der Waals surface area contributed by atoms with Crippen molar-refractivity contribution < 1.29 is 27.5 Å². The maximum atomic E-state index is 12.7. The molecule has 2 amide bonds. The van der Waals surface area contributed by atoms with Gasteiger partial charge in [-0.2, -0.15) is 15.0 Å². The first kappa shape index (κ1) is 25.3. The van der Waals surface area contributed by atoms with Gasteiger partial charge in [0.2, 0.25) is 21.6 Å². The molecule has 0 aliphatic carbocycles. The number of anilines is 3. The van der Waals surface area contributed by atoms with Crippen molar-refractivity contribution in [2.24, 2.45) is 0 Å². The average molecular weight is 518 g/mol. The fraction of sp³-hybridized carbons (Fsp3) is 0.409. The molecule has 0 radical (unpaired) electrons. The number of nitrogens with zero attached hydrogens (tertiary/aromatic N) is 5. The number of aromatic nitrogens is 4. The average Bonchev–Trinajstić information content (AvgIpc) is 3.20. The summed E-state index contributed by atoms with van der Waals surface area (Å²) in [6.07, 6.45) is 1.69. The highest BCUT2D eigenvalue weighted by Gasteiger charge is 2.21. The Kier molecular flexibility index (Phi) is 6.82. The van der Waals surface area contributed by atoms with Crippen LogP contribution in [-0.4, -0.2) is 82.8 Å². The fourth-order valence-corrected chi connectivity index (χ4v) is 3.86. The molecule has 2 N–H and O–H groups in total. The van der Waals surface area contributed by atoms with E-state index in [1.54, 1.807) is 49.9 Å². The first-order chi connectivity index (χ1) is 16.9. The molecule has 1 aliphatic heterocycles. The molecule has 36 heavy (non-hydrogen) atoms. The van der Waals surface area contributed by atoms with Crippen LogP contribution < -0.4 is 10.6 Å². The van der Waals surface area contributed by atoms with Crippen LogP contribution in [0.25, 0.3) is 5.78 Å². The second-order valence-electron chi connectivity index (χ2n) is 9.13. The van der Waals surface area contributed by atoms with Gasteiger partial charge >= 0.3 is 6.09 Å². The minimum Gasteiger partial charge on any atom is -0.444 e. The van der Waals surface area contributed by atoms with E-state index in [1.807, 2.05) is 0 Å². The summed E-state index contributed by atoms with van der Waals surface area (Å²) >= 11 is 0. The second-order valence-corrected chi connectivity index (χ2v) is 11.0. The molecule has 1 fully saturated rings. The number of imidazole rings is 1. The first-order valence-corrected chi connectivity index (χ1v) is 13.0. The molecule has 1 aromatic carbocycles. The van der Waals surface area contributed by atoms with Gasteiger partial charge in [0.25, 0.3) is 11.1 Å². The van der Waals surface area contributed by atoms with Gasteiger partial charge in [0.05, 0.1) is 19.4 Å². The Morgan fingerprint density at radius 3 is 2.33 bits per heavy atom. The largest absolute Gasteiger partial charge is 0.444 e. The zero-order valence-corrected chi connectivity index (χ0v) is 21.1. The monoisotopic (exact) mass is 517 g/mol. The van der Waals surface area contributed by atoms with E-state index < -0.39 is 26.7 Å². The van der Waals surface area contributed by atoms with Gasteiger partial charge in [-0.15, -0.1) is 0 Å². The van der Waals surface area contributed by atoms with E-state index in [0.717, 1.165) is 6.26 Å². The van der Waals surface area contributed by atoms with Gasteiger partial charge in [-0.25, -0.2) is 13.2 Å². The SMILES string of the molecule is CC(C)(C)OC(=O)Nc1cn2c(Nc3ccc(C(=O)N4CCOCC4)cc3)nc(S(C)(=O)=O)nc2n1. The summed E-state index contributed by atoms with van der Waals surface area (Å²) in [5.74, 6) is 0.0929. The lowest BCUT2D eigenvalue weighted by molar-refractivity contribution is 0.0303. The number of morpholine rings is 1. The summed E-state index contributed by atoms with van der Waals surface area (Å²) in [6.45, 7) is 7.26. The highest BCUT2D eigenvalue weighted by atomic mass is 32.2. The van der Waals surface area contributed by atoms with Gasteiger partial charge in [-0.05, 0) is 45.0 Å². The van der Waals surface area contributed by atoms with Gasteiger partial charge < -0.3 is 19.7 Å². The molecule has 0 atom stereocenters. The van der Waals surface area contributed by atoms with Crippen LogP contribution in [0.3, 0.4) is 0 Å². The Labute approximate surface area is 207 Å². The van der Waals surface area contributed by atoms with Crippen LogP contribution in [0.4, 0.5) is 22.2 Å². The summed E-state index contributed by atoms with van der Waals surface area (Å²) in [7, 11) is -3.77. The van der Waals surface area contributed by atoms with E-state index in [0.29, 0.717) is 37.6 Å². The molecule has 14 heteroatoms. The Morgan fingerprint density at radius 1 is 1.06 bits per heavy atom. The molecular formula is C22H27N7O6S. The normalized spacial score (nSPS) is 14.5. The summed E-state index contributed by atoms with van der Waals surface area (Å²) in [5.41, 5.74) is 0.344. The van der Waals surface area contributed by atoms with Crippen molar-refractivity contribution in [2.75, 3.05) is 43.2 Å². The van der Waals surface area contributed by atoms with Gasteiger partial charge in [0.15, 0.2) is 5.82 Å². The molecule has 0 spiro atoms. The number of rotatable bonds is 5. The number of carbonyl (C=O) groups excluding carboxylic acids is 2. The zero-order valence-electron chi connectivity index (χ0n) is 20.3. The lowest BCUT2D eigenvalue weighted by atomic mass is 10.1. The van der Waals surface area contributed by atoms with Crippen LogP contribution in [0, 0.1) is 0 Å². The Morgan fingerprint density at radius 2 is 1.72 bits per heavy atom. The van der Waals surface area contributed by atoms with Crippen molar-refractivity contribution in [1.82, 2.24) is 24.3 Å². The topological polar surface area (TPSA) is 157 Å². The number of sulfone groups is 1. The van der Waals surface area contributed by atoms with Crippen molar-refractivity contribution >= 4 is 45.1 Å². The quantitative estimate of drug-likeness (QED) is 0.513. The highest BCUT2D eigenvalue weighted by molar-refractivity contribution is 7.90. The van der Waals surface area contributed by atoms with Crippen molar-refractivity contribution in [2.45, 2.75) is 31.5 Å². The predicted molar refractivity (Wildman–Crippen MR) is 130 cm³/mol. The standard InChI is InChI=1S/C22H27N7O6S/c1-22(2,3)35-21(31)25-16-13-29-18(26-20(36(4,32)33)27-19(29)24-16)23-15-7-5-14(6-8-15)17(30)28-9-11-34-12-10-28/h5-8,13H,9-12H2,1-4H3,(H,25,31)(H,23,24,26,27). The molecule has 2 aromatic heterocycles. The van der Waals surface area contributed by atoms with E-state index >= 15 is 0 Å². The van der Waals surface area contributed by atoms with Crippen molar-refractivity contribution in [3.05, 3.63) is 36.0 Å². The van der Waals surface area contributed by atoms with Crippen LogP contribution in [0.15, 0.2) is 35.6 Å². The molecular weight excluding hydrogens is 490 g/mol. The Bertz CT molecular complexity index is 1390. The van der Waals surface area contributed by atoms with Crippen molar-refractivity contribution in [1.29, 1.82) is 0 Å². The Hall–Kier alpha value is -3.78. The highest BCUT2D eigenvalue weighted by Crippen LogP contribution is 2.21. The minimum absolute atomic E-state index is 0.00176. The molecule has 3 heterocycles. The maximum Gasteiger partial charge on any atom is 0.413 e. The van der Waals surface area contributed by atoms with Crippen molar-refractivity contribution in [3.63, 3.8) is 0 Å². The summed E-state index contributed by atoms with van der Waals surface area (Å²) in [6, 6.07) is 6.69. The molecule has 0 saturated carbocycles. The number of benzene rings is 1. The van der Waals surface area contributed by atoms with E-state index in [2.05, 4.69) is 25.6 Å². The number of fused-ring (bicyclic) bond motifs is 1. The van der Waals surface area contributed by atoms with E-state index in [-0.39, 0.29) is 23.5 Å². The second kappa shape index (κ2) is 9.70. The third-order valence-corrected chi connectivity index (χ3v) is 5.81. The van der Waals surface area contributed by atoms with E-state index in [1.165, 1.54) is 10.6 Å². The molecule has 0 bridgehead atoms. The van der Waals surface area contributed by atoms with Crippen LogP contribution in [0.5, 0.6) is 0 Å². The van der Waals surface area contributed by atoms with Gasteiger partial charge in [-0.1, -0.05) is 0 Å². The molecule has 1 saturated heterocycles. The van der Waals surface area contributed by atoms with Gasteiger partial charge in [0.1, 0.15) is 5.60 Å². The number of ether oxygens (including phenoxy) is 2. The number of carbonyl (C=O) groups is 2. The lowest BCUT2D eigenvalue weighted by Gasteiger charge is -2.26. The molecule has 13 nitrogen and oxygen atoms in total. The third-order valence-electron chi connectivity index (χ3n) is 4.96. The molecule has 3 aromatic rings. The Balaban J connectivity index is 1.61. The van der Waals surface area contributed by atoms with Crippen LogP contribution in [0.1, 0.15) is 31.1 Å². The maximum absolute atomic E-state index is 12.7. The molecule has 192 valence electrons. The third kappa shape index (κ3) is 6.07. The molecule has 1 aliphatic rings. The summed E-state index contributed by atoms with van der Waals surface area (Å²) in [4.78, 5) is 38.9. The minimum atomic E-state index is -3.77. The molecule has 0 unspecified atom stereocenters. The van der Waals surface area contributed by atoms with E-state index in [9.17, 15) is 18.0 Å². The number of hydrogen-bond acceptors (Lipinski definition) is 10. The van der Waals surface area contributed by atoms with Crippen LogP contribution >= 0.6 is 0 Å². The van der Waals surface area contributed by atoms with E-state index in [4.69, 9.17) is 9.47 Å². The predicted octanol–water partition coefficient (Wildman–Crippen LogP) is 2.09. The summed E-state index contributed by atoms with van der Waals surface area (Å²) in [5, 5.41) is 5.09. The summed E-state index contributed by atoms with van der Waals surface area (Å²) < 4.78 is 36.2. The first-order valence-electron chi connectivity index (χ1n) is 11.1.